The standard InChI is InChI=1S/C13H29NO/c1-4-5-6-8-11-15-12-9-7-10-13(2)14-3/h13-14H,4-12H2,1-3H3. The molecule has 0 spiro atoms. The van der Waals surface area contributed by atoms with E-state index in [0.29, 0.717) is 6.04 Å². The van der Waals surface area contributed by atoms with Crippen LogP contribution in [0.3, 0.4) is 0 Å². The van der Waals surface area contributed by atoms with Crippen molar-refractivity contribution in [3.63, 3.8) is 0 Å². The lowest BCUT2D eigenvalue weighted by Gasteiger charge is -2.09. The quantitative estimate of drug-likeness (QED) is 0.534. The zero-order valence-electron chi connectivity index (χ0n) is 10.8. The molecular formula is C13H29NO. The SMILES string of the molecule is CCCCCCOCCCCC(C)NC. The van der Waals surface area contributed by atoms with Crippen LogP contribution in [-0.4, -0.2) is 26.3 Å². The molecule has 92 valence electrons. The van der Waals surface area contributed by atoms with Crippen molar-refractivity contribution in [3.05, 3.63) is 0 Å². The number of unbranched alkanes of at least 4 members (excludes halogenated alkanes) is 4. The van der Waals surface area contributed by atoms with Crippen molar-refractivity contribution in [3.8, 4) is 0 Å². The van der Waals surface area contributed by atoms with Crippen molar-refractivity contribution < 1.29 is 4.74 Å². The Balaban J connectivity index is 2.92. The van der Waals surface area contributed by atoms with E-state index in [1.165, 1.54) is 44.9 Å². The average molecular weight is 215 g/mol. The Hall–Kier alpha value is -0.0800. The molecule has 1 atom stereocenters. The zero-order chi connectivity index (χ0) is 11.4. The summed E-state index contributed by atoms with van der Waals surface area (Å²) in [5, 5.41) is 3.25. The third-order valence-electron chi connectivity index (χ3n) is 2.81. The maximum atomic E-state index is 5.58. The van der Waals surface area contributed by atoms with E-state index in [1.807, 2.05) is 7.05 Å². The highest BCUT2D eigenvalue weighted by molar-refractivity contribution is 4.56. The van der Waals surface area contributed by atoms with E-state index >= 15 is 0 Å². The fourth-order valence-corrected chi connectivity index (χ4v) is 1.53. The molecule has 0 aromatic heterocycles. The summed E-state index contributed by atoms with van der Waals surface area (Å²) in [6.07, 6.45) is 8.96. The van der Waals surface area contributed by atoms with Gasteiger partial charge in [-0.15, -0.1) is 0 Å². The molecule has 0 rings (SSSR count). The van der Waals surface area contributed by atoms with Crippen LogP contribution in [0.4, 0.5) is 0 Å². The Morgan fingerprint density at radius 1 is 1.00 bits per heavy atom. The van der Waals surface area contributed by atoms with E-state index in [-0.39, 0.29) is 0 Å². The first-order valence-corrected chi connectivity index (χ1v) is 6.56. The molecule has 0 heterocycles. The molecule has 1 N–H and O–H groups in total. The Bertz CT molecular complexity index is 117. The van der Waals surface area contributed by atoms with Gasteiger partial charge in [-0.05, 0) is 39.7 Å². The monoisotopic (exact) mass is 215 g/mol. The van der Waals surface area contributed by atoms with Crippen LogP contribution in [0, 0.1) is 0 Å². The van der Waals surface area contributed by atoms with Gasteiger partial charge in [-0.2, -0.15) is 0 Å². The lowest BCUT2D eigenvalue weighted by Crippen LogP contribution is -2.20. The minimum absolute atomic E-state index is 0.648. The second-order valence-corrected chi connectivity index (χ2v) is 4.36. The minimum Gasteiger partial charge on any atom is -0.381 e. The highest BCUT2D eigenvalue weighted by Crippen LogP contribution is 2.02. The Morgan fingerprint density at radius 2 is 1.67 bits per heavy atom. The Kier molecular flexibility index (Phi) is 11.9. The number of ether oxygens (including phenoxy) is 1. The Labute approximate surface area is 95.8 Å². The molecule has 0 fully saturated rings. The number of nitrogens with one attached hydrogen (secondary N) is 1. The number of rotatable bonds is 11. The molecule has 1 unspecified atom stereocenters. The molecule has 0 aromatic rings. The maximum absolute atomic E-state index is 5.58. The molecule has 0 aromatic carbocycles. The summed E-state index contributed by atoms with van der Waals surface area (Å²) in [4.78, 5) is 0. The molecule has 0 aliphatic rings. The van der Waals surface area contributed by atoms with Gasteiger partial charge >= 0.3 is 0 Å². The van der Waals surface area contributed by atoms with Crippen LogP contribution < -0.4 is 5.32 Å². The molecule has 0 amide bonds. The molecule has 15 heavy (non-hydrogen) atoms. The summed E-state index contributed by atoms with van der Waals surface area (Å²) in [5.74, 6) is 0. The van der Waals surface area contributed by atoms with Gasteiger partial charge in [-0.1, -0.05) is 26.2 Å². The van der Waals surface area contributed by atoms with E-state index in [9.17, 15) is 0 Å². The number of hydrogen-bond donors (Lipinski definition) is 1. The molecule has 0 radical (unpaired) electrons. The fourth-order valence-electron chi connectivity index (χ4n) is 1.53. The number of hydrogen-bond acceptors (Lipinski definition) is 2. The topological polar surface area (TPSA) is 21.3 Å². The zero-order valence-corrected chi connectivity index (χ0v) is 10.8. The van der Waals surface area contributed by atoms with Crippen molar-refractivity contribution >= 4 is 0 Å². The predicted molar refractivity (Wildman–Crippen MR) is 67.3 cm³/mol. The smallest absolute Gasteiger partial charge is 0.0466 e. The van der Waals surface area contributed by atoms with Crippen LogP contribution in [0.2, 0.25) is 0 Å². The van der Waals surface area contributed by atoms with Gasteiger partial charge in [0.05, 0.1) is 0 Å². The molecule has 2 nitrogen and oxygen atoms in total. The summed E-state index contributed by atoms with van der Waals surface area (Å²) < 4.78 is 5.58. The summed E-state index contributed by atoms with van der Waals surface area (Å²) in [6, 6.07) is 0.648. The van der Waals surface area contributed by atoms with Gasteiger partial charge in [0.2, 0.25) is 0 Å². The Morgan fingerprint density at radius 3 is 2.27 bits per heavy atom. The second kappa shape index (κ2) is 12.0. The van der Waals surface area contributed by atoms with Crippen molar-refractivity contribution in [2.24, 2.45) is 0 Å². The van der Waals surface area contributed by atoms with Gasteiger partial charge in [0.15, 0.2) is 0 Å². The maximum Gasteiger partial charge on any atom is 0.0466 e. The summed E-state index contributed by atoms with van der Waals surface area (Å²) in [7, 11) is 2.02. The van der Waals surface area contributed by atoms with E-state index in [0.717, 1.165) is 13.2 Å². The lowest BCUT2D eigenvalue weighted by molar-refractivity contribution is 0.125. The van der Waals surface area contributed by atoms with Gasteiger partial charge in [0.1, 0.15) is 0 Å². The lowest BCUT2D eigenvalue weighted by atomic mass is 10.1. The summed E-state index contributed by atoms with van der Waals surface area (Å²) in [6.45, 7) is 6.37. The minimum atomic E-state index is 0.648. The molecular weight excluding hydrogens is 186 g/mol. The average Bonchev–Trinajstić information content (AvgIpc) is 2.26. The first kappa shape index (κ1) is 14.9. The van der Waals surface area contributed by atoms with Gasteiger partial charge in [-0.25, -0.2) is 0 Å². The van der Waals surface area contributed by atoms with Crippen LogP contribution in [0.5, 0.6) is 0 Å². The molecule has 0 saturated heterocycles. The van der Waals surface area contributed by atoms with Crippen LogP contribution in [0.1, 0.15) is 58.8 Å². The first-order valence-electron chi connectivity index (χ1n) is 6.56. The fraction of sp³-hybridized carbons (Fsp3) is 1.00. The highest BCUT2D eigenvalue weighted by Gasteiger charge is 1.97. The van der Waals surface area contributed by atoms with Crippen molar-refractivity contribution in [1.29, 1.82) is 0 Å². The van der Waals surface area contributed by atoms with Gasteiger partial charge in [-0.3, -0.25) is 0 Å². The van der Waals surface area contributed by atoms with Gasteiger partial charge in [0, 0.05) is 19.3 Å². The van der Waals surface area contributed by atoms with Crippen LogP contribution in [0.15, 0.2) is 0 Å². The van der Waals surface area contributed by atoms with Crippen molar-refractivity contribution in [1.82, 2.24) is 5.32 Å². The van der Waals surface area contributed by atoms with Gasteiger partial charge < -0.3 is 10.1 Å². The predicted octanol–water partition coefficient (Wildman–Crippen LogP) is 3.36. The normalized spacial score (nSPS) is 13.0. The molecule has 2 heteroatoms. The third kappa shape index (κ3) is 11.8. The van der Waals surface area contributed by atoms with Crippen molar-refractivity contribution in [2.75, 3.05) is 20.3 Å². The first-order chi connectivity index (χ1) is 7.31. The van der Waals surface area contributed by atoms with E-state index < -0.39 is 0 Å². The summed E-state index contributed by atoms with van der Waals surface area (Å²) in [5.41, 5.74) is 0. The highest BCUT2D eigenvalue weighted by atomic mass is 16.5. The van der Waals surface area contributed by atoms with Crippen LogP contribution in [-0.2, 0) is 4.74 Å². The second-order valence-electron chi connectivity index (χ2n) is 4.36. The van der Waals surface area contributed by atoms with E-state index in [1.54, 1.807) is 0 Å². The van der Waals surface area contributed by atoms with Crippen LogP contribution >= 0.6 is 0 Å². The summed E-state index contributed by atoms with van der Waals surface area (Å²) >= 11 is 0. The molecule has 0 bridgehead atoms. The molecule has 0 aliphatic carbocycles. The van der Waals surface area contributed by atoms with Crippen LogP contribution in [0.25, 0.3) is 0 Å². The van der Waals surface area contributed by atoms with Crippen molar-refractivity contribution in [2.45, 2.75) is 64.8 Å². The largest absolute Gasteiger partial charge is 0.381 e. The van der Waals surface area contributed by atoms with Gasteiger partial charge in [0.25, 0.3) is 0 Å². The van der Waals surface area contributed by atoms with E-state index in [4.69, 9.17) is 4.74 Å². The molecule has 0 aliphatic heterocycles. The van der Waals surface area contributed by atoms with E-state index in [2.05, 4.69) is 19.2 Å². The molecule has 0 saturated carbocycles. The third-order valence-corrected chi connectivity index (χ3v) is 2.81.